The van der Waals surface area contributed by atoms with Crippen molar-refractivity contribution >= 4 is 34.2 Å². The number of carbonyl (C=O) groups excluding carboxylic acids is 1. The molecular weight excluding hydrogens is 395 g/mol. The maximum Gasteiger partial charge on any atom is 0.272 e. The smallest absolute Gasteiger partial charge is 0.272 e. The van der Waals surface area contributed by atoms with Crippen LogP contribution in [0.4, 0.5) is 15.8 Å². The van der Waals surface area contributed by atoms with E-state index < -0.39 is 0 Å². The number of nitrogens with zero attached hydrogens (tertiary/aromatic N) is 3. The molecule has 0 atom stereocenters. The van der Waals surface area contributed by atoms with Crippen molar-refractivity contribution in [3.63, 3.8) is 0 Å². The standard InChI is InChI=1S/C20H15FN4O3S/c1-28-13-6-7-15-14(8-13)16(18(26)23-15)17-19(27)25-10-24(9-22-20(25)29-17)12-4-2-11(21)3-5-12/h2-8H,9-10H2,1H3,(H,23,26)/b17-16-. The maximum atomic E-state index is 13.2. The first-order valence-electron chi connectivity index (χ1n) is 8.84. The van der Waals surface area contributed by atoms with Crippen LogP contribution in [-0.2, 0) is 11.5 Å². The van der Waals surface area contributed by atoms with Gasteiger partial charge < -0.3 is 15.0 Å². The SMILES string of the molecule is COc1ccc2c(c1)/C(=c1/sc3n(c1=O)CN(c1ccc(F)cc1)CN=3)C(=O)N2. The van der Waals surface area contributed by atoms with Crippen molar-refractivity contribution < 1.29 is 13.9 Å². The highest BCUT2D eigenvalue weighted by molar-refractivity contribution is 7.07. The summed E-state index contributed by atoms with van der Waals surface area (Å²) in [6.07, 6.45) is 0. The number of carbonyl (C=O) groups is 1. The van der Waals surface area contributed by atoms with Crippen molar-refractivity contribution in [3.05, 3.63) is 73.5 Å². The molecule has 2 aliphatic rings. The summed E-state index contributed by atoms with van der Waals surface area (Å²) in [4.78, 5) is 32.6. The van der Waals surface area contributed by atoms with E-state index in [0.717, 1.165) is 5.69 Å². The molecule has 0 saturated carbocycles. The molecule has 2 aliphatic heterocycles. The molecule has 5 rings (SSSR count). The zero-order valence-electron chi connectivity index (χ0n) is 15.3. The number of ether oxygens (including phenoxy) is 1. The lowest BCUT2D eigenvalue weighted by Crippen LogP contribution is -2.43. The number of thiazole rings is 1. The van der Waals surface area contributed by atoms with E-state index >= 15 is 0 Å². The summed E-state index contributed by atoms with van der Waals surface area (Å²) in [6.45, 7) is 0.622. The molecule has 2 aromatic carbocycles. The molecule has 7 nitrogen and oxygen atoms in total. The fourth-order valence-corrected chi connectivity index (χ4v) is 4.53. The zero-order chi connectivity index (χ0) is 20.1. The normalized spacial score (nSPS) is 16.8. The third kappa shape index (κ3) is 2.82. The number of anilines is 2. The fourth-order valence-electron chi connectivity index (χ4n) is 3.48. The number of hydrogen-bond acceptors (Lipinski definition) is 6. The Kier molecular flexibility index (Phi) is 3.99. The first-order chi connectivity index (χ1) is 14.0. The van der Waals surface area contributed by atoms with Crippen LogP contribution in [0.2, 0.25) is 0 Å². The molecule has 0 radical (unpaired) electrons. The number of amides is 1. The molecule has 0 spiro atoms. The summed E-state index contributed by atoms with van der Waals surface area (Å²) in [6, 6.07) is 11.3. The molecule has 3 aromatic rings. The summed E-state index contributed by atoms with van der Waals surface area (Å²) in [7, 11) is 1.55. The Balaban J connectivity index is 1.64. The van der Waals surface area contributed by atoms with E-state index in [1.807, 2.05) is 4.90 Å². The number of fused-ring (bicyclic) bond motifs is 2. The summed E-state index contributed by atoms with van der Waals surface area (Å²) in [5.74, 6) is -0.0394. The van der Waals surface area contributed by atoms with Crippen LogP contribution in [0.25, 0.3) is 5.57 Å². The van der Waals surface area contributed by atoms with Gasteiger partial charge in [-0.05, 0) is 42.5 Å². The van der Waals surface area contributed by atoms with E-state index in [4.69, 9.17) is 4.74 Å². The topological polar surface area (TPSA) is 75.9 Å². The number of aromatic nitrogens is 1. The lowest BCUT2D eigenvalue weighted by molar-refractivity contribution is -0.110. The van der Waals surface area contributed by atoms with Crippen molar-refractivity contribution in [1.82, 2.24) is 4.57 Å². The molecule has 3 heterocycles. The Hall–Kier alpha value is -3.46. The van der Waals surface area contributed by atoms with Crippen molar-refractivity contribution in [3.8, 4) is 5.75 Å². The Labute approximate surface area is 168 Å². The molecule has 0 saturated heterocycles. The van der Waals surface area contributed by atoms with Crippen LogP contribution in [0.15, 0.2) is 52.3 Å². The quantitative estimate of drug-likeness (QED) is 0.690. The molecule has 146 valence electrons. The van der Waals surface area contributed by atoms with Crippen LogP contribution in [0.5, 0.6) is 5.75 Å². The third-order valence-corrected chi connectivity index (χ3v) is 6.06. The molecule has 1 aromatic heterocycles. The van der Waals surface area contributed by atoms with Crippen LogP contribution in [0, 0.1) is 5.82 Å². The van der Waals surface area contributed by atoms with E-state index in [0.29, 0.717) is 38.6 Å². The van der Waals surface area contributed by atoms with Gasteiger partial charge in [0.25, 0.3) is 11.5 Å². The lowest BCUT2D eigenvalue weighted by atomic mass is 10.1. The highest BCUT2D eigenvalue weighted by Gasteiger charge is 2.28. The van der Waals surface area contributed by atoms with Crippen molar-refractivity contribution in [2.45, 2.75) is 6.67 Å². The molecule has 0 fully saturated rings. The van der Waals surface area contributed by atoms with Gasteiger partial charge in [-0.2, -0.15) is 0 Å². The van der Waals surface area contributed by atoms with Crippen LogP contribution >= 0.6 is 11.3 Å². The monoisotopic (exact) mass is 410 g/mol. The summed E-state index contributed by atoms with van der Waals surface area (Å²) in [5.41, 5.74) is 2.11. The predicted molar refractivity (Wildman–Crippen MR) is 107 cm³/mol. The summed E-state index contributed by atoms with van der Waals surface area (Å²) in [5, 5.41) is 2.80. The largest absolute Gasteiger partial charge is 0.497 e. The van der Waals surface area contributed by atoms with Crippen molar-refractivity contribution in [1.29, 1.82) is 0 Å². The number of methoxy groups -OCH3 is 1. The van der Waals surface area contributed by atoms with E-state index in [2.05, 4.69) is 10.3 Å². The highest BCUT2D eigenvalue weighted by atomic mass is 32.1. The number of nitrogens with one attached hydrogen (secondary N) is 1. The average Bonchev–Trinajstić information content (AvgIpc) is 3.23. The van der Waals surface area contributed by atoms with E-state index in [1.165, 1.54) is 28.0 Å². The predicted octanol–water partition coefficient (Wildman–Crippen LogP) is 1.26. The number of halogens is 1. The van der Waals surface area contributed by atoms with E-state index in [9.17, 15) is 14.0 Å². The summed E-state index contributed by atoms with van der Waals surface area (Å²) < 4.78 is 20.3. The van der Waals surface area contributed by atoms with Gasteiger partial charge in [-0.3, -0.25) is 14.2 Å². The molecule has 0 aliphatic carbocycles. The molecule has 0 unspecified atom stereocenters. The van der Waals surface area contributed by atoms with E-state index in [-0.39, 0.29) is 24.0 Å². The van der Waals surface area contributed by atoms with Gasteiger partial charge in [-0.1, -0.05) is 11.3 Å². The van der Waals surface area contributed by atoms with Gasteiger partial charge in [-0.25, -0.2) is 9.38 Å². The van der Waals surface area contributed by atoms with Gasteiger partial charge in [0.2, 0.25) is 0 Å². The third-order valence-electron chi connectivity index (χ3n) is 4.94. The van der Waals surface area contributed by atoms with Gasteiger partial charge >= 0.3 is 0 Å². The van der Waals surface area contributed by atoms with Crippen molar-refractivity contribution in [2.24, 2.45) is 4.99 Å². The Morgan fingerprint density at radius 1 is 1.17 bits per heavy atom. The van der Waals surface area contributed by atoms with Gasteiger partial charge in [0.1, 0.15) is 29.4 Å². The first kappa shape index (κ1) is 17.6. The molecule has 1 amide bonds. The zero-order valence-corrected chi connectivity index (χ0v) is 16.1. The van der Waals surface area contributed by atoms with Crippen molar-refractivity contribution in [2.75, 3.05) is 24.0 Å². The average molecular weight is 410 g/mol. The fraction of sp³-hybridized carbons (Fsp3) is 0.150. The molecule has 9 heteroatoms. The lowest BCUT2D eigenvalue weighted by Gasteiger charge is -2.25. The Morgan fingerprint density at radius 2 is 1.97 bits per heavy atom. The second-order valence-corrected chi connectivity index (χ2v) is 7.62. The second kappa shape index (κ2) is 6.56. The van der Waals surface area contributed by atoms with Gasteiger partial charge in [0, 0.05) is 16.9 Å². The number of benzene rings is 2. The molecule has 1 N–H and O–H groups in total. The minimum absolute atomic E-state index is 0.276. The van der Waals surface area contributed by atoms with Gasteiger partial charge in [-0.15, -0.1) is 0 Å². The Bertz CT molecular complexity index is 1330. The molecular formula is C20H15FN4O3S. The Morgan fingerprint density at radius 3 is 2.72 bits per heavy atom. The number of hydrogen-bond donors (Lipinski definition) is 1. The van der Waals surface area contributed by atoms with Crippen LogP contribution in [0.1, 0.15) is 5.56 Å². The minimum atomic E-state index is -0.323. The molecule has 29 heavy (non-hydrogen) atoms. The highest BCUT2D eigenvalue weighted by Crippen LogP contribution is 2.32. The van der Waals surface area contributed by atoms with Crippen LogP contribution in [0.3, 0.4) is 0 Å². The van der Waals surface area contributed by atoms with E-state index in [1.54, 1.807) is 37.4 Å². The maximum absolute atomic E-state index is 13.2. The summed E-state index contributed by atoms with van der Waals surface area (Å²) >= 11 is 1.20. The van der Waals surface area contributed by atoms with Crippen LogP contribution < -0.4 is 29.8 Å². The second-order valence-electron chi connectivity index (χ2n) is 6.64. The molecule has 0 bridgehead atoms. The first-order valence-corrected chi connectivity index (χ1v) is 9.65. The van der Waals surface area contributed by atoms with Gasteiger partial charge in [0.15, 0.2) is 4.80 Å². The number of rotatable bonds is 2. The van der Waals surface area contributed by atoms with Crippen LogP contribution in [-0.4, -0.2) is 24.3 Å². The van der Waals surface area contributed by atoms with Gasteiger partial charge in [0.05, 0.1) is 12.7 Å². The minimum Gasteiger partial charge on any atom is -0.497 e.